The average molecular weight is 357 g/mol. The second kappa shape index (κ2) is 7.32. The van der Waals surface area contributed by atoms with Gasteiger partial charge in [0, 0.05) is 12.0 Å². The van der Waals surface area contributed by atoms with E-state index in [0.717, 1.165) is 35.0 Å². The number of rotatable bonds is 6. The summed E-state index contributed by atoms with van der Waals surface area (Å²) >= 11 is 0. The molecule has 1 aliphatic heterocycles. The molecular formula is C21H28O3Si. The fraction of sp³-hybridized carbons (Fsp3) is 0.429. The van der Waals surface area contributed by atoms with Crippen LogP contribution in [0.1, 0.15) is 31.9 Å². The van der Waals surface area contributed by atoms with Gasteiger partial charge in [-0.2, -0.15) is 0 Å². The second-order valence-electron chi connectivity index (χ2n) is 6.81. The summed E-state index contributed by atoms with van der Waals surface area (Å²) in [5.74, 6) is -0.313. The number of aliphatic hydroxyl groups is 1. The van der Waals surface area contributed by atoms with Crippen molar-refractivity contribution < 1.29 is 14.3 Å². The highest BCUT2D eigenvalue weighted by Gasteiger charge is 2.51. The summed E-state index contributed by atoms with van der Waals surface area (Å²) in [6.07, 6.45) is -0.200. The highest BCUT2D eigenvalue weighted by atomic mass is 28.4. The van der Waals surface area contributed by atoms with Crippen molar-refractivity contribution in [3.05, 3.63) is 65.7 Å². The third-order valence-corrected chi connectivity index (χ3v) is 10.2. The van der Waals surface area contributed by atoms with Crippen LogP contribution in [0.4, 0.5) is 0 Å². The molecule has 2 aromatic carbocycles. The van der Waals surface area contributed by atoms with Crippen molar-refractivity contribution in [3.8, 4) is 5.75 Å². The first-order valence-electron chi connectivity index (χ1n) is 9.30. The maximum Gasteiger partial charge on any atom is 0.254 e. The van der Waals surface area contributed by atoms with E-state index in [-0.39, 0.29) is 0 Å². The summed E-state index contributed by atoms with van der Waals surface area (Å²) in [5, 5.41) is 11.1. The van der Waals surface area contributed by atoms with Gasteiger partial charge in [0.2, 0.25) is 0 Å². The maximum absolute atomic E-state index is 11.1. The van der Waals surface area contributed by atoms with Crippen LogP contribution in [-0.2, 0) is 16.6 Å². The smallest absolute Gasteiger partial charge is 0.254 e. The van der Waals surface area contributed by atoms with Gasteiger partial charge in [0.15, 0.2) is 8.32 Å². The summed E-state index contributed by atoms with van der Waals surface area (Å²) in [7, 11) is -2.01. The summed E-state index contributed by atoms with van der Waals surface area (Å²) in [4.78, 5) is 0. The lowest BCUT2D eigenvalue weighted by atomic mass is 9.91. The minimum absolute atomic E-state index is 0.534. The van der Waals surface area contributed by atoms with Crippen molar-refractivity contribution in [1.29, 1.82) is 0 Å². The minimum atomic E-state index is -2.01. The number of hydrogen-bond donors (Lipinski definition) is 1. The molecule has 3 rings (SSSR count). The molecule has 25 heavy (non-hydrogen) atoms. The Morgan fingerprint density at radius 2 is 1.60 bits per heavy atom. The number of ether oxygens (including phenoxy) is 1. The van der Waals surface area contributed by atoms with Crippen molar-refractivity contribution >= 4 is 8.32 Å². The normalized spacial score (nSPS) is 23.0. The van der Waals surface area contributed by atoms with Crippen LogP contribution in [0.25, 0.3) is 0 Å². The first-order valence-corrected chi connectivity index (χ1v) is 11.8. The fourth-order valence-corrected chi connectivity index (χ4v) is 6.58. The third-order valence-electron chi connectivity index (χ3n) is 5.56. The molecule has 2 atom stereocenters. The second-order valence-corrected chi connectivity index (χ2v) is 11.5. The summed E-state index contributed by atoms with van der Waals surface area (Å²) in [6.45, 7) is 6.59. The van der Waals surface area contributed by atoms with Gasteiger partial charge in [-0.3, -0.25) is 0 Å². The molecule has 0 aromatic heterocycles. The van der Waals surface area contributed by atoms with E-state index in [0.29, 0.717) is 6.42 Å². The minimum Gasteiger partial charge on any atom is -0.456 e. The molecule has 2 aromatic rings. The first-order chi connectivity index (χ1) is 12.1. The molecule has 2 unspecified atom stereocenters. The van der Waals surface area contributed by atoms with E-state index in [2.05, 4.69) is 20.8 Å². The molecule has 0 aliphatic carbocycles. The van der Waals surface area contributed by atoms with E-state index >= 15 is 0 Å². The van der Waals surface area contributed by atoms with Gasteiger partial charge in [-0.15, -0.1) is 0 Å². The third kappa shape index (κ3) is 3.26. The van der Waals surface area contributed by atoms with Crippen molar-refractivity contribution in [3.63, 3.8) is 0 Å². The van der Waals surface area contributed by atoms with Crippen LogP contribution in [0.15, 0.2) is 54.6 Å². The molecule has 3 nitrogen and oxygen atoms in total. The van der Waals surface area contributed by atoms with Gasteiger partial charge in [0.25, 0.3) is 5.79 Å². The van der Waals surface area contributed by atoms with Crippen molar-refractivity contribution in [2.24, 2.45) is 0 Å². The molecule has 0 radical (unpaired) electrons. The monoisotopic (exact) mass is 356 g/mol. The lowest BCUT2D eigenvalue weighted by Gasteiger charge is -2.47. The summed E-state index contributed by atoms with van der Waals surface area (Å²) < 4.78 is 13.3. The van der Waals surface area contributed by atoms with Crippen LogP contribution in [-0.4, -0.2) is 19.5 Å². The molecule has 1 N–H and O–H groups in total. The van der Waals surface area contributed by atoms with Gasteiger partial charge in [0.1, 0.15) is 11.9 Å². The predicted octanol–water partition coefficient (Wildman–Crippen LogP) is 4.86. The molecule has 1 heterocycles. The van der Waals surface area contributed by atoms with Crippen LogP contribution < -0.4 is 4.74 Å². The number of para-hydroxylation sites is 1. The van der Waals surface area contributed by atoms with Crippen LogP contribution in [0.2, 0.25) is 18.1 Å². The van der Waals surface area contributed by atoms with Gasteiger partial charge in [-0.25, -0.2) is 0 Å². The Morgan fingerprint density at radius 3 is 2.24 bits per heavy atom. The summed E-state index contributed by atoms with van der Waals surface area (Å²) in [5.41, 5.74) is 1.92. The van der Waals surface area contributed by atoms with Crippen molar-refractivity contribution in [1.82, 2.24) is 0 Å². The summed E-state index contributed by atoms with van der Waals surface area (Å²) in [6, 6.07) is 20.9. The zero-order valence-electron chi connectivity index (χ0n) is 15.4. The van der Waals surface area contributed by atoms with E-state index < -0.39 is 20.2 Å². The number of aliphatic hydroxyl groups excluding tert-OH is 1. The van der Waals surface area contributed by atoms with Crippen LogP contribution in [0.3, 0.4) is 0 Å². The lowest BCUT2D eigenvalue weighted by molar-refractivity contribution is -0.210. The van der Waals surface area contributed by atoms with E-state index in [1.165, 1.54) is 0 Å². The Balaban J connectivity index is 2.11. The van der Waals surface area contributed by atoms with Crippen LogP contribution in [0.5, 0.6) is 5.75 Å². The van der Waals surface area contributed by atoms with Gasteiger partial charge in [-0.05, 0) is 29.8 Å². The molecule has 1 aliphatic rings. The molecule has 0 fully saturated rings. The number of hydrogen-bond acceptors (Lipinski definition) is 3. The van der Waals surface area contributed by atoms with E-state index in [9.17, 15) is 5.11 Å². The van der Waals surface area contributed by atoms with Gasteiger partial charge in [-0.1, -0.05) is 69.3 Å². The van der Waals surface area contributed by atoms with Crippen LogP contribution in [0, 0.1) is 0 Å². The van der Waals surface area contributed by atoms with Gasteiger partial charge in [0.05, 0.1) is 0 Å². The van der Waals surface area contributed by atoms with E-state index in [1.807, 2.05) is 54.6 Å². The molecule has 4 heteroatoms. The Morgan fingerprint density at radius 1 is 1.00 bits per heavy atom. The SMILES string of the molecule is CC[Si](CC)(CC)OC1(c2ccccc2)Oc2ccccc2CC1O. The molecular weight excluding hydrogens is 328 g/mol. The largest absolute Gasteiger partial charge is 0.456 e. The highest BCUT2D eigenvalue weighted by Crippen LogP contribution is 2.44. The zero-order valence-corrected chi connectivity index (χ0v) is 16.4. The topological polar surface area (TPSA) is 38.7 Å². The van der Waals surface area contributed by atoms with Gasteiger partial charge < -0.3 is 14.3 Å². The van der Waals surface area contributed by atoms with E-state index in [1.54, 1.807) is 0 Å². The zero-order chi connectivity index (χ0) is 17.9. The lowest BCUT2D eigenvalue weighted by Crippen LogP contribution is -2.57. The number of fused-ring (bicyclic) bond motifs is 1. The van der Waals surface area contributed by atoms with Crippen molar-refractivity contribution in [2.75, 3.05) is 0 Å². The van der Waals surface area contributed by atoms with Crippen molar-refractivity contribution in [2.45, 2.75) is 57.2 Å². The number of benzene rings is 2. The molecule has 0 amide bonds. The van der Waals surface area contributed by atoms with E-state index in [4.69, 9.17) is 9.16 Å². The maximum atomic E-state index is 11.1. The molecule has 134 valence electrons. The Bertz CT molecular complexity index is 691. The molecule has 0 saturated carbocycles. The average Bonchev–Trinajstić information content (AvgIpc) is 2.67. The quantitative estimate of drug-likeness (QED) is 0.752. The fourth-order valence-electron chi connectivity index (χ4n) is 3.70. The Hall–Kier alpha value is -1.62. The highest BCUT2D eigenvalue weighted by molar-refractivity contribution is 6.73. The van der Waals surface area contributed by atoms with Gasteiger partial charge >= 0.3 is 0 Å². The first kappa shape index (κ1) is 18.2. The molecule has 0 spiro atoms. The standard InChI is InChI=1S/C21H28O3Si/c1-4-25(5-2,6-3)24-21(18-13-8-7-9-14-18)20(22)16-17-12-10-11-15-19(17)23-21/h7-15,20,22H,4-6,16H2,1-3H3. The Labute approximate surface area is 151 Å². The predicted molar refractivity (Wildman–Crippen MR) is 103 cm³/mol. The Kier molecular flexibility index (Phi) is 5.32. The molecule has 0 bridgehead atoms. The van der Waals surface area contributed by atoms with Crippen LogP contribution >= 0.6 is 0 Å². The molecule has 0 saturated heterocycles.